The number of thiazole rings is 1. The fraction of sp³-hybridized carbons (Fsp3) is 0.769. The normalized spacial score (nSPS) is 21.7. The minimum atomic E-state index is 0.528. The highest BCUT2D eigenvalue weighted by Crippen LogP contribution is 2.16. The molecule has 5 heteroatoms. The molecule has 0 amide bonds. The molecule has 1 aromatic heterocycles. The van der Waals surface area contributed by atoms with Crippen molar-refractivity contribution in [1.29, 1.82) is 0 Å². The Bertz CT molecular complexity index is 369. The van der Waals surface area contributed by atoms with Crippen LogP contribution in [0.25, 0.3) is 0 Å². The van der Waals surface area contributed by atoms with Crippen LogP contribution in [0.3, 0.4) is 0 Å². The fourth-order valence-corrected chi connectivity index (χ4v) is 3.49. The number of piperidine rings is 1. The molecular formula is C13H22ClN3S. The molecule has 2 rings (SSSR count). The molecular weight excluding hydrogens is 266 g/mol. The first-order chi connectivity index (χ1) is 8.69. The van der Waals surface area contributed by atoms with Crippen molar-refractivity contribution in [3.63, 3.8) is 0 Å². The summed E-state index contributed by atoms with van der Waals surface area (Å²) in [6.07, 6.45) is 3.68. The number of alkyl halides is 1. The quantitative estimate of drug-likeness (QED) is 0.776. The highest BCUT2D eigenvalue weighted by molar-refractivity contribution is 7.09. The van der Waals surface area contributed by atoms with E-state index < -0.39 is 0 Å². The molecule has 0 aromatic carbocycles. The first-order valence-electron chi connectivity index (χ1n) is 6.57. The second kappa shape index (κ2) is 6.85. The molecule has 0 N–H and O–H groups in total. The summed E-state index contributed by atoms with van der Waals surface area (Å²) in [5, 5.41) is 3.28. The highest BCUT2D eigenvalue weighted by atomic mass is 35.5. The maximum Gasteiger partial charge on any atom is 0.0941 e. The predicted octanol–water partition coefficient (Wildman–Crippen LogP) is 2.45. The number of likely N-dealkylation sites (tertiary alicyclic amines) is 1. The van der Waals surface area contributed by atoms with Crippen LogP contribution < -0.4 is 0 Å². The molecule has 1 aliphatic rings. The number of halogens is 1. The Morgan fingerprint density at radius 2 is 2.44 bits per heavy atom. The van der Waals surface area contributed by atoms with E-state index in [0.29, 0.717) is 11.9 Å². The Hall–Kier alpha value is -0.160. The molecule has 102 valence electrons. The largest absolute Gasteiger partial charge is 0.305 e. The lowest BCUT2D eigenvalue weighted by Gasteiger charge is -2.35. The summed E-state index contributed by atoms with van der Waals surface area (Å²) in [5.74, 6) is 0.528. The average Bonchev–Trinajstić information content (AvgIpc) is 2.84. The van der Waals surface area contributed by atoms with E-state index in [2.05, 4.69) is 34.3 Å². The summed E-state index contributed by atoms with van der Waals surface area (Å²) < 4.78 is 0. The maximum absolute atomic E-state index is 5.77. The monoisotopic (exact) mass is 287 g/mol. The van der Waals surface area contributed by atoms with Crippen LogP contribution in [0.5, 0.6) is 0 Å². The number of rotatable bonds is 5. The molecule has 3 nitrogen and oxygen atoms in total. The van der Waals surface area contributed by atoms with Gasteiger partial charge in [-0.05, 0) is 33.5 Å². The van der Waals surface area contributed by atoms with Crippen LogP contribution in [0.15, 0.2) is 5.38 Å². The van der Waals surface area contributed by atoms with Crippen molar-refractivity contribution >= 4 is 22.9 Å². The first-order valence-corrected chi connectivity index (χ1v) is 7.98. The Morgan fingerprint density at radius 1 is 1.61 bits per heavy atom. The molecule has 0 radical (unpaired) electrons. The van der Waals surface area contributed by atoms with E-state index in [1.165, 1.54) is 30.9 Å². The van der Waals surface area contributed by atoms with Crippen LogP contribution in [0.2, 0.25) is 0 Å². The molecule has 0 saturated carbocycles. The van der Waals surface area contributed by atoms with Gasteiger partial charge in [-0.25, -0.2) is 4.98 Å². The topological polar surface area (TPSA) is 19.4 Å². The van der Waals surface area contributed by atoms with Crippen LogP contribution >= 0.6 is 22.9 Å². The van der Waals surface area contributed by atoms with Gasteiger partial charge in [-0.1, -0.05) is 0 Å². The molecule has 1 fully saturated rings. The van der Waals surface area contributed by atoms with Crippen LogP contribution in [0.1, 0.15) is 23.5 Å². The number of aromatic nitrogens is 1. The van der Waals surface area contributed by atoms with E-state index in [0.717, 1.165) is 18.7 Å². The number of likely N-dealkylation sites (N-methyl/N-ethyl adjacent to an activating group) is 2. The summed E-state index contributed by atoms with van der Waals surface area (Å²) in [6, 6.07) is 0.705. The van der Waals surface area contributed by atoms with E-state index in [1.54, 1.807) is 11.3 Å². The molecule has 1 aromatic rings. The van der Waals surface area contributed by atoms with Crippen LogP contribution in [-0.4, -0.2) is 54.6 Å². The zero-order valence-electron chi connectivity index (χ0n) is 11.2. The zero-order valence-corrected chi connectivity index (χ0v) is 12.8. The van der Waals surface area contributed by atoms with E-state index >= 15 is 0 Å². The number of nitrogens with zero attached hydrogens (tertiary/aromatic N) is 3. The number of hydrogen-bond acceptors (Lipinski definition) is 4. The second-order valence-electron chi connectivity index (χ2n) is 5.16. The molecule has 0 spiro atoms. The van der Waals surface area contributed by atoms with Gasteiger partial charge in [0.2, 0.25) is 0 Å². The summed E-state index contributed by atoms with van der Waals surface area (Å²) in [6.45, 7) is 3.53. The van der Waals surface area contributed by atoms with Crippen LogP contribution in [0.4, 0.5) is 0 Å². The molecule has 1 saturated heterocycles. The molecule has 1 atom stereocenters. The zero-order chi connectivity index (χ0) is 13.0. The van der Waals surface area contributed by atoms with Gasteiger partial charge in [0, 0.05) is 30.9 Å². The molecule has 1 aliphatic heterocycles. The van der Waals surface area contributed by atoms with Gasteiger partial charge in [0.15, 0.2) is 0 Å². The van der Waals surface area contributed by atoms with Gasteiger partial charge in [-0.2, -0.15) is 0 Å². The van der Waals surface area contributed by atoms with Crippen molar-refractivity contribution in [2.75, 3.05) is 33.7 Å². The summed E-state index contributed by atoms with van der Waals surface area (Å²) >= 11 is 7.50. The van der Waals surface area contributed by atoms with Gasteiger partial charge in [-0.15, -0.1) is 22.9 Å². The second-order valence-corrected chi connectivity index (χ2v) is 6.37. The minimum Gasteiger partial charge on any atom is -0.305 e. The van der Waals surface area contributed by atoms with Crippen molar-refractivity contribution < 1.29 is 0 Å². The Balaban J connectivity index is 1.78. The SMILES string of the molecule is CN1CCCC(N(C)CCc2nc(CCl)cs2)C1. The number of hydrogen-bond donors (Lipinski definition) is 0. The average molecular weight is 288 g/mol. The van der Waals surface area contributed by atoms with E-state index in [9.17, 15) is 0 Å². The van der Waals surface area contributed by atoms with E-state index in [4.69, 9.17) is 11.6 Å². The summed E-state index contributed by atoms with van der Waals surface area (Å²) in [7, 11) is 4.45. The third kappa shape index (κ3) is 3.92. The molecule has 18 heavy (non-hydrogen) atoms. The van der Waals surface area contributed by atoms with Gasteiger partial charge in [0.25, 0.3) is 0 Å². The first kappa shape index (κ1) is 14.3. The lowest BCUT2D eigenvalue weighted by atomic mass is 10.1. The third-order valence-corrected chi connectivity index (χ3v) is 4.87. The molecule has 0 aliphatic carbocycles. The Morgan fingerprint density at radius 3 is 3.11 bits per heavy atom. The van der Waals surface area contributed by atoms with Crippen LogP contribution in [-0.2, 0) is 12.3 Å². The van der Waals surface area contributed by atoms with Gasteiger partial charge in [0.1, 0.15) is 0 Å². The lowest BCUT2D eigenvalue weighted by Crippen LogP contribution is -2.45. The summed E-state index contributed by atoms with van der Waals surface area (Å²) in [5.41, 5.74) is 1.01. The molecule has 2 heterocycles. The third-order valence-electron chi connectivity index (χ3n) is 3.64. The standard InChI is InChI=1S/C13H22ClN3S/c1-16-6-3-4-12(9-16)17(2)7-5-13-15-11(8-14)10-18-13/h10,12H,3-9H2,1-2H3. The van der Waals surface area contributed by atoms with E-state index in [-0.39, 0.29) is 0 Å². The van der Waals surface area contributed by atoms with Crippen LogP contribution in [0, 0.1) is 0 Å². The van der Waals surface area contributed by atoms with Crippen molar-refractivity contribution in [3.05, 3.63) is 16.1 Å². The van der Waals surface area contributed by atoms with Gasteiger partial charge in [-0.3, -0.25) is 0 Å². The van der Waals surface area contributed by atoms with Crippen molar-refractivity contribution in [3.8, 4) is 0 Å². The van der Waals surface area contributed by atoms with Gasteiger partial charge < -0.3 is 9.80 Å². The highest BCUT2D eigenvalue weighted by Gasteiger charge is 2.20. The van der Waals surface area contributed by atoms with Crippen molar-refractivity contribution in [2.45, 2.75) is 31.2 Å². The smallest absolute Gasteiger partial charge is 0.0941 e. The van der Waals surface area contributed by atoms with E-state index in [1.807, 2.05) is 0 Å². The van der Waals surface area contributed by atoms with Gasteiger partial charge in [0.05, 0.1) is 16.6 Å². The summed E-state index contributed by atoms with van der Waals surface area (Å²) in [4.78, 5) is 9.42. The molecule has 1 unspecified atom stereocenters. The van der Waals surface area contributed by atoms with Gasteiger partial charge >= 0.3 is 0 Å². The fourth-order valence-electron chi connectivity index (χ4n) is 2.48. The Labute approximate surface area is 119 Å². The van der Waals surface area contributed by atoms with Crippen molar-refractivity contribution in [2.24, 2.45) is 0 Å². The lowest BCUT2D eigenvalue weighted by molar-refractivity contribution is 0.135. The molecule has 0 bridgehead atoms. The Kier molecular flexibility index (Phi) is 5.42. The predicted molar refractivity (Wildman–Crippen MR) is 78.5 cm³/mol. The van der Waals surface area contributed by atoms with Crippen molar-refractivity contribution in [1.82, 2.24) is 14.8 Å². The maximum atomic E-state index is 5.77. The minimum absolute atomic E-state index is 0.528.